The van der Waals surface area contributed by atoms with Crippen molar-refractivity contribution in [2.24, 2.45) is 5.73 Å². The lowest BCUT2D eigenvalue weighted by Crippen LogP contribution is -2.21. The number of aromatic nitrogens is 1. The summed E-state index contributed by atoms with van der Waals surface area (Å²) in [7, 11) is 0. The molecule has 0 bridgehead atoms. The summed E-state index contributed by atoms with van der Waals surface area (Å²) in [5, 5.41) is 4.38. The third kappa shape index (κ3) is 5.17. The Hall–Kier alpha value is -4.35. The van der Waals surface area contributed by atoms with Crippen molar-refractivity contribution in [3.63, 3.8) is 0 Å². The summed E-state index contributed by atoms with van der Waals surface area (Å²) in [6, 6.07) is 7.28. The van der Waals surface area contributed by atoms with Gasteiger partial charge in [-0.1, -0.05) is 18.2 Å². The van der Waals surface area contributed by atoms with Gasteiger partial charge in [-0.25, -0.2) is 14.0 Å². The standard InChI is InChI=1S/C22H18F4N4O4/c1-2-34-20(32)13-10-28-18(19(27)31)16(13)11-6-8-12(9-7-11)29-21(33)30-15-5-3-4-14(17(15)23)22(24,25)26/h3-10,28H,2H2,1H3,(H2,27,31)(H2,29,30,33). The molecule has 12 heteroatoms. The van der Waals surface area contributed by atoms with Gasteiger partial charge < -0.3 is 26.1 Å². The second-order valence-electron chi connectivity index (χ2n) is 6.86. The molecular formula is C22H18F4N4O4. The average Bonchev–Trinajstić information content (AvgIpc) is 3.21. The molecule has 0 aliphatic rings. The molecular weight excluding hydrogens is 460 g/mol. The number of primary amides is 1. The normalized spacial score (nSPS) is 11.1. The minimum absolute atomic E-state index is 0.0264. The maximum Gasteiger partial charge on any atom is 0.419 e. The Labute approximate surface area is 190 Å². The number of halogens is 4. The number of rotatable bonds is 6. The number of aromatic amines is 1. The maximum absolute atomic E-state index is 14.1. The number of nitrogens with one attached hydrogen (secondary N) is 3. The summed E-state index contributed by atoms with van der Waals surface area (Å²) in [6.07, 6.45) is -3.63. The topological polar surface area (TPSA) is 126 Å². The lowest BCUT2D eigenvalue weighted by atomic mass is 10.0. The molecule has 0 spiro atoms. The molecule has 0 radical (unpaired) electrons. The molecule has 0 fully saturated rings. The summed E-state index contributed by atoms with van der Waals surface area (Å²) in [4.78, 5) is 38.8. The lowest BCUT2D eigenvalue weighted by Gasteiger charge is -2.13. The molecule has 0 aliphatic carbocycles. The molecule has 1 heterocycles. The van der Waals surface area contributed by atoms with Gasteiger partial charge in [-0.3, -0.25) is 4.79 Å². The number of amides is 3. The first kappa shape index (κ1) is 24.3. The van der Waals surface area contributed by atoms with Crippen LogP contribution in [0.1, 0.15) is 33.3 Å². The third-order valence-electron chi connectivity index (χ3n) is 4.61. The first-order chi connectivity index (χ1) is 16.0. The Bertz CT molecular complexity index is 1240. The van der Waals surface area contributed by atoms with Gasteiger partial charge in [0.2, 0.25) is 0 Å². The second kappa shape index (κ2) is 9.65. The number of carbonyl (C=O) groups is 3. The van der Waals surface area contributed by atoms with E-state index < -0.39 is 41.2 Å². The van der Waals surface area contributed by atoms with Crippen LogP contribution in [-0.4, -0.2) is 29.5 Å². The largest absolute Gasteiger partial charge is 0.462 e. The van der Waals surface area contributed by atoms with E-state index >= 15 is 0 Å². The Morgan fingerprint density at radius 3 is 2.32 bits per heavy atom. The summed E-state index contributed by atoms with van der Waals surface area (Å²) in [5.41, 5.74) is 4.05. The fourth-order valence-electron chi connectivity index (χ4n) is 3.14. The van der Waals surface area contributed by atoms with Gasteiger partial charge in [-0.05, 0) is 36.8 Å². The van der Waals surface area contributed by atoms with Crippen LogP contribution < -0.4 is 16.4 Å². The number of nitrogens with two attached hydrogens (primary N) is 1. The van der Waals surface area contributed by atoms with E-state index in [-0.39, 0.29) is 29.1 Å². The van der Waals surface area contributed by atoms with Crippen molar-refractivity contribution < 1.29 is 36.7 Å². The first-order valence-electron chi connectivity index (χ1n) is 9.75. The minimum Gasteiger partial charge on any atom is -0.462 e. The van der Waals surface area contributed by atoms with E-state index in [1.54, 1.807) is 6.92 Å². The first-order valence-corrected chi connectivity index (χ1v) is 9.75. The van der Waals surface area contributed by atoms with Crippen LogP contribution in [0.5, 0.6) is 0 Å². The van der Waals surface area contributed by atoms with Gasteiger partial charge in [0.25, 0.3) is 5.91 Å². The highest BCUT2D eigenvalue weighted by Gasteiger charge is 2.35. The molecule has 0 saturated carbocycles. The maximum atomic E-state index is 14.1. The minimum atomic E-state index is -4.92. The molecule has 1 aromatic heterocycles. The molecule has 0 saturated heterocycles. The van der Waals surface area contributed by atoms with Crippen LogP contribution in [0.3, 0.4) is 0 Å². The van der Waals surface area contributed by atoms with E-state index in [2.05, 4.69) is 10.3 Å². The number of carbonyl (C=O) groups excluding carboxylic acids is 3. The molecule has 178 valence electrons. The van der Waals surface area contributed by atoms with Crippen LogP contribution in [0.4, 0.5) is 33.7 Å². The number of H-pyrrole nitrogens is 1. The predicted molar refractivity (Wildman–Crippen MR) is 115 cm³/mol. The van der Waals surface area contributed by atoms with Crippen molar-refractivity contribution in [2.45, 2.75) is 13.1 Å². The van der Waals surface area contributed by atoms with Gasteiger partial charge in [0.1, 0.15) is 5.69 Å². The summed E-state index contributed by atoms with van der Waals surface area (Å²) in [6.45, 7) is 1.73. The van der Waals surface area contributed by atoms with Crippen molar-refractivity contribution in [1.82, 2.24) is 4.98 Å². The lowest BCUT2D eigenvalue weighted by molar-refractivity contribution is -0.139. The SMILES string of the molecule is CCOC(=O)c1c[nH]c(C(N)=O)c1-c1ccc(NC(=O)Nc2cccc(C(F)(F)F)c2F)cc1. The summed E-state index contributed by atoms with van der Waals surface area (Å²) >= 11 is 0. The van der Waals surface area contributed by atoms with E-state index in [1.165, 1.54) is 30.5 Å². The molecule has 8 nitrogen and oxygen atoms in total. The Balaban J connectivity index is 1.80. The average molecular weight is 478 g/mol. The molecule has 0 aliphatic heterocycles. The quantitative estimate of drug-likeness (QED) is 0.301. The number of anilines is 2. The zero-order valence-corrected chi connectivity index (χ0v) is 17.5. The van der Waals surface area contributed by atoms with E-state index in [4.69, 9.17) is 10.5 Å². The van der Waals surface area contributed by atoms with E-state index in [0.717, 1.165) is 12.1 Å². The smallest absolute Gasteiger partial charge is 0.419 e. The number of hydrogen-bond donors (Lipinski definition) is 4. The zero-order chi connectivity index (χ0) is 25.0. The third-order valence-corrected chi connectivity index (χ3v) is 4.61. The Kier molecular flexibility index (Phi) is 6.89. The number of benzene rings is 2. The number of urea groups is 1. The monoisotopic (exact) mass is 478 g/mol. The van der Waals surface area contributed by atoms with Gasteiger partial charge in [-0.2, -0.15) is 13.2 Å². The molecule has 3 rings (SSSR count). The van der Waals surface area contributed by atoms with E-state index in [9.17, 15) is 31.9 Å². The van der Waals surface area contributed by atoms with Crippen molar-refractivity contribution in [1.29, 1.82) is 0 Å². The fourth-order valence-corrected chi connectivity index (χ4v) is 3.14. The molecule has 5 N–H and O–H groups in total. The highest BCUT2D eigenvalue weighted by atomic mass is 19.4. The van der Waals surface area contributed by atoms with Gasteiger partial charge >= 0.3 is 18.2 Å². The Morgan fingerprint density at radius 2 is 1.74 bits per heavy atom. The van der Waals surface area contributed by atoms with Gasteiger partial charge in [0.15, 0.2) is 5.82 Å². The molecule has 2 aromatic carbocycles. The van der Waals surface area contributed by atoms with Gasteiger partial charge in [0, 0.05) is 17.4 Å². The number of ether oxygens (including phenoxy) is 1. The summed E-state index contributed by atoms with van der Waals surface area (Å²) < 4.78 is 57.6. The predicted octanol–water partition coefficient (Wildman–Crippen LogP) is 4.76. The Morgan fingerprint density at radius 1 is 1.06 bits per heavy atom. The van der Waals surface area contributed by atoms with Crippen molar-refractivity contribution in [2.75, 3.05) is 17.2 Å². The molecule has 0 atom stereocenters. The number of alkyl halides is 3. The molecule has 0 unspecified atom stereocenters. The van der Waals surface area contributed by atoms with E-state index in [1.807, 2.05) is 5.32 Å². The van der Waals surface area contributed by atoms with Crippen LogP contribution in [0.15, 0.2) is 48.7 Å². The highest BCUT2D eigenvalue weighted by Crippen LogP contribution is 2.34. The number of hydrogen-bond acceptors (Lipinski definition) is 4. The van der Waals surface area contributed by atoms with Crippen LogP contribution in [-0.2, 0) is 10.9 Å². The number of esters is 1. The van der Waals surface area contributed by atoms with Gasteiger partial charge in [0.05, 0.1) is 23.4 Å². The van der Waals surface area contributed by atoms with Crippen LogP contribution in [0, 0.1) is 5.82 Å². The summed E-state index contributed by atoms with van der Waals surface area (Å²) in [5.74, 6) is -3.10. The zero-order valence-electron chi connectivity index (χ0n) is 17.5. The van der Waals surface area contributed by atoms with Crippen LogP contribution in [0.2, 0.25) is 0 Å². The second-order valence-corrected chi connectivity index (χ2v) is 6.86. The molecule has 3 amide bonds. The van der Waals surface area contributed by atoms with Crippen molar-refractivity contribution >= 4 is 29.3 Å². The van der Waals surface area contributed by atoms with Gasteiger partial charge in [-0.15, -0.1) is 0 Å². The fraction of sp³-hybridized carbons (Fsp3) is 0.136. The van der Waals surface area contributed by atoms with Crippen LogP contribution >= 0.6 is 0 Å². The van der Waals surface area contributed by atoms with Crippen molar-refractivity contribution in [3.8, 4) is 11.1 Å². The highest BCUT2D eigenvalue weighted by molar-refractivity contribution is 6.07. The molecule has 34 heavy (non-hydrogen) atoms. The van der Waals surface area contributed by atoms with E-state index in [0.29, 0.717) is 11.6 Å². The van der Waals surface area contributed by atoms with Crippen LogP contribution in [0.25, 0.3) is 11.1 Å². The molecule has 3 aromatic rings. The van der Waals surface area contributed by atoms with Crippen molar-refractivity contribution in [3.05, 3.63) is 71.3 Å².